The normalized spacial score (nSPS) is 27.4. The Morgan fingerprint density at radius 3 is 3.28 bits per heavy atom. The topological polar surface area (TPSA) is 64.5 Å². The molecule has 0 aromatic heterocycles. The summed E-state index contributed by atoms with van der Waals surface area (Å²) in [5.41, 5.74) is 5.42. The number of nitrogens with one attached hydrogen (secondary N) is 2. The summed E-state index contributed by atoms with van der Waals surface area (Å²) >= 11 is 0. The molecular formula is C11H18N6O. The Kier molecular flexibility index (Phi) is 3.16. The molecule has 0 aromatic carbocycles. The van der Waals surface area contributed by atoms with Gasteiger partial charge in [0.1, 0.15) is 6.61 Å². The van der Waals surface area contributed by atoms with Crippen LogP contribution in [0, 0.1) is 0 Å². The summed E-state index contributed by atoms with van der Waals surface area (Å²) in [6.07, 6.45) is 7.47. The van der Waals surface area contributed by atoms with E-state index in [9.17, 15) is 0 Å². The Bertz CT molecular complexity index is 404. The second kappa shape index (κ2) is 4.95. The quantitative estimate of drug-likeness (QED) is 0.723. The highest BCUT2D eigenvalue weighted by atomic mass is 16.5. The monoisotopic (exact) mass is 250 g/mol. The minimum Gasteiger partial charge on any atom is -0.475 e. The van der Waals surface area contributed by atoms with Gasteiger partial charge in [0.15, 0.2) is 5.84 Å². The van der Waals surface area contributed by atoms with Gasteiger partial charge >= 0.3 is 0 Å². The Hall–Kier alpha value is -1.60. The van der Waals surface area contributed by atoms with E-state index < -0.39 is 0 Å². The maximum absolute atomic E-state index is 5.76. The lowest BCUT2D eigenvalue weighted by atomic mass is 10.0. The number of likely N-dealkylation sites (tertiary alicyclic amines) is 1. The van der Waals surface area contributed by atoms with Gasteiger partial charge in [0.05, 0.1) is 0 Å². The standard InChI is InChI=1S/C11H18N6O/c1-16-7-3-2-4-9(16)8-18-11-6-5-10-12-14-15-17(10)13-11/h5-6,9,14-15H,2-4,7-8H2,1H3. The Labute approximate surface area is 106 Å². The molecule has 3 aliphatic rings. The van der Waals surface area contributed by atoms with Crippen molar-refractivity contribution in [3.8, 4) is 0 Å². The number of likely N-dealkylation sites (N-methyl/N-ethyl adjacent to an activating group) is 1. The van der Waals surface area contributed by atoms with Gasteiger partial charge in [-0.25, -0.2) is 5.53 Å². The number of piperidine rings is 1. The summed E-state index contributed by atoms with van der Waals surface area (Å²) in [7, 11) is 2.16. The molecule has 0 aromatic rings. The van der Waals surface area contributed by atoms with E-state index in [0.29, 0.717) is 18.5 Å². The summed E-state index contributed by atoms with van der Waals surface area (Å²) in [6.45, 7) is 1.85. The molecule has 7 nitrogen and oxygen atoms in total. The van der Waals surface area contributed by atoms with Gasteiger partial charge in [-0.3, -0.25) is 0 Å². The number of hydrazone groups is 2. The molecule has 1 atom stereocenters. The zero-order valence-corrected chi connectivity index (χ0v) is 10.5. The molecule has 1 fully saturated rings. The zero-order valence-electron chi connectivity index (χ0n) is 10.5. The number of ether oxygens (including phenoxy) is 1. The first kappa shape index (κ1) is 11.5. The molecule has 2 N–H and O–H groups in total. The predicted molar refractivity (Wildman–Crippen MR) is 68.3 cm³/mol. The molecule has 98 valence electrons. The molecule has 0 bridgehead atoms. The van der Waals surface area contributed by atoms with Crippen LogP contribution in [0.2, 0.25) is 0 Å². The van der Waals surface area contributed by atoms with Gasteiger partial charge in [-0.05, 0) is 32.5 Å². The Balaban J connectivity index is 1.54. The number of amidine groups is 1. The predicted octanol–water partition coefficient (Wildman–Crippen LogP) is 0.00890. The van der Waals surface area contributed by atoms with Gasteiger partial charge in [-0.15, -0.1) is 15.7 Å². The van der Waals surface area contributed by atoms with Crippen LogP contribution in [-0.2, 0) is 4.74 Å². The minimum atomic E-state index is 0.495. The highest BCUT2D eigenvalue weighted by Crippen LogP contribution is 2.15. The fourth-order valence-corrected chi connectivity index (χ4v) is 2.31. The van der Waals surface area contributed by atoms with Crippen LogP contribution >= 0.6 is 0 Å². The average molecular weight is 250 g/mol. The van der Waals surface area contributed by atoms with Crippen LogP contribution < -0.4 is 11.1 Å². The lowest BCUT2D eigenvalue weighted by Gasteiger charge is -2.32. The van der Waals surface area contributed by atoms with Crippen molar-refractivity contribution in [2.45, 2.75) is 25.3 Å². The van der Waals surface area contributed by atoms with Gasteiger partial charge in [-0.1, -0.05) is 6.42 Å². The van der Waals surface area contributed by atoms with E-state index in [1.807, 2.05) is 12.2 Å². The molecule has 0 aliphatic carbocycles. The largest absolute Gasteiger partial charge is 0.475 e. The average Bonchev–Trinajstić information content (AvgIpc) is 2.85. The van der Waals surface area contributed by atoms with E-state index in [4.69, 9.17) is 4.74 Å². The van der Waals surface area contributed by atoms with Crippen molar-refractivity contribution >= 4 is 11.7 Å². The summed E-state index contributed by atoms with van der Waals surface area (Å²) in [5.74, 6) is 1.35. The highest BCUT2D eigenvalue weighted by Gasteiger charge is 2.22. The molecule has 1 saturated heterocycles. The Morgan fingerprint density at radius 2 is 2.39 bits per heavy atom. The van der Waals surface area contributed by atoms with E-state index in [1.54, 1.807) is 5.12 Å². The molecule has 0 amide bonds. The van der Waals surface area contributed by atoms with Crippen LogP contribution in [0.1, 0.15) is 19.3 Å². The number of nitrogens with zero attached hydrogens (tertiary/aromatic N) is 4. The van der Waals surface area contributed by atoms with Crippen LogP contribution in [0.4, 0.5) is 0 Å². The molecule has 0 radical (unpaired) electrons. The number of fused-ring (bicyclic) bond motifs is 1. The second-order valence-electron chi connectivity index (χ2n) is 4.72. The van der Waals surface area contributed by atoms with Gasteiger partial charge in [0.25, 0.3) is 0 Å². The summed E-state index contributed by atoms with van der Waals surface area (Å²) in [5, 5.41) is 9.80. The van der Waals surface area contributed by atoms with Crippen molar-refractivity contribution in [3.63, 3.8) is 0 Å². The number of hydrogen-bond acceptors (Lipinski definition) is 7. The number of hydrazine groups is 2. The van der Waals surface area contributed by atoms with Crippen LogP contribution in [-0.4, -0.2) is 48.0 Å². The van der Waals surface area contributed by atoms with Crippen molar-refractivity contribution in [1.29, 1.82) is 0 Å². The molecule has 0 spiro atoms. The molecule has 3 aliphatic heterocycles. The molecule has 1 unspecified atom stereocenters. The Morgan fingerprint density at radius 1 is 1.44 bits per heavy atom. The van der Waals surface area contributed by atoms with E-state index in [0.717, 1.165) is 12.4 Å². The van der Waals surface area contributed by atoms with Crippen molar-refractivity contribution in [3.05, 3.63) is 12.2 Å². The van der Waals surface area contributed by atoms with Gasteiger partial charge in [0, 0.05) is 12.1 Å². The third-order valence-corrected chi connectivity index (χ3v) is 3.46. The van der Waals surface area contributed by atoms with Crippen molar-refractivity contribution in [1.82, 2.24) is 21.1 Å². The molecule has 3 heterocycles. The molecule has 0 saturated carbocycles. The fourth-order valence-electron chi connectivity index (χ4n) is 2.31. The lowest BCUT2D eigenvalue weighted by Crippen LogP contribution is -2.41. The summed E-state index contributed by atoms with van der Waals surface area (Å²) in [4.78, 5) is 2.36. The van der Waals surface area contributed by atoms with Crippen molar-refractivity contribution in [2.24, 2.45) is 10.2 Å². The molecule has 3 rings (SSSR count). The molecular weight excluding hydrogens is 232 g/mol. The molecule has 7 heteroatoms. The maximum atomic E-state index is 5.76. The van der Waals surface area contributed by atoms with E-state index in [1.165, 1.54) is 19.3 Å². The van der Waals surface area contributed by atoms with Gasteiger partial charge < -0.3 is 9.64 Å². The summed E-state index contributed by atoms with van der Waals surface area (Å²) in [6, 6.07) is 0.495. The minimum absolute atomic E-state index is 0.495. The zero-order chi connectivity index (χ0) is 12.4. The first-order chi connectivity index (χ1) is 8.83. The maximum Gasteiger partial charge on any atom is 0.233 e. The van der Waals surface area contributed by atoms with Gasteiger partial charge in [0.2, 0.25) is 5.90 Å². The third-order valence-electron chi connectivity index (χ3n) is 3.46. The molecule has 18 heavy (non-hydrogen) atoms. The van der Waals surface area contributed by atoms with E-state index in [-0.39, 0.29) is 0 Å². The van der Waals surface area contributed by atoms with E-state index in [2.05, 4.69) is 33.2 Å². The van der Waals surface area contributed by atoms with Gasteiger partial charge in [-0.2, -0.15) is 5.12 Å². The lowest BCUT2D eigenvalue weighted by molar-refractivity contribution is 0.118. The first-order valence-corrected chi connectivity index (χ1v) is 6.31. The SMILES string of the molecule is CN1CCCCC1COC1=NN2NNN=C2C=C1. The van der Waals surface area contributed by atoms with E-state index >= 15 is 0 Å². The third kappa shape index (κ3) is 2.32. The van der Waals surface area contributed by atoms with Crippen LogP contribution in [0.5, 0.6) is 0 Å². The highest BCUT2D eigenvalue weighted by molar-refractivity contribution is 6.03. The van der Waals surface area contributed by atoms with Crippen LogP contribution in [0.3, 0.4) is 0 Å². The smallest absolute Gasteiger partial charge is 0.233 e. The van der Waals surface area contributed by atoms with Crippen molar-refractivity contribution < 1.29 is 4.74 Å². The fraction of sp³-hybridized carbons (Fsp3) is 0.636. The second-order valence-corrected chi connectivity index (χ2v) is 4.72. The number of hydrogen-bond donors (Lipinski definition) is 2. The first-order valence-electron chi connectivity index (χ1n) is 6.31. The van der Waals surface area contributed by atoms with Crippen LogP contribution in [0.15, 0.2) is 22.4 Å². The summed E-state index contributed by atoms with van der Waals surface area (Å²) < 4.78 is 5.76. The van der Waals surface area contributed by atoms with Crippen molar-refractivity contribution in [2.75, 3.05) is 20.2 Å². The van der Waals surface area contributed by atoms with Crippen LogP contribution in [0.25, 0.3) is 0 Å². The number of rotatable bonds is 2.